The van der Waals surface area contributed by atoms with E-state index in [1.54, 1.807) is 12.1 Å². The number of pyridine rings is 2. The number of nitrogens with zero attached hydrogens (tertiary/aromatic N) is 5. The van der Waals surface area contributed by atoms with Crippen molar-refractivity contribution in [3.05, 3.63) is 106 Å². The number of aryl methyl sites for hydroxylation is 4. The summed E-state index contributed by atoms with van der Waals surface area (Å²) in [7, 11) is 3.36. The monoisotopic (exact) mass is 543 g/mol. The molecule has 5 aromatic rings. The molecular formula is C33H29N5O3. The first-order valence-electron chi connectivity index (χ1n) is 13.6. The van der Waals surface area contributed by atoms with E-state index in [0.717, 1.165) is 64.2 Å². The normalized spacial score (nSPS) is 12.7. The first kappa shape index (κ1) is 26.2. The second-order valence-electron chi connectivity index (χ2n) is 10.3. The Morgan fingerprint density at radius 3 is 2.76 bits per heavy atom. The molecule has 0 amide bonds. The number of carbonyl (C=O) groups is 1. The lowest BCUT2D eigenvalue weighted by Gasteiger charge is -2.15. The third kappa shape index (κ3) is 5.14. The third-order valence-electron chi connectivity index (χ3n) is 7.71. The fourth-order valence-electron chi connectivity index (χ4n) is 5.48. The second-order valence-corrected chi connectivity index (χ2v) is 10.3. The summed E-state index contributed by atoms with van der Waals surface area (Å²) in [5.74, 6) is 1.09. The number of fused-ring (bicyclic) bond motifs is 7. The lowest BCUT2D eigenvalue weighted by atomic mass is 9.92. The van der Waals surface area contributed by atoms with Gasteiger partial charge in [-0.05, 0) is 79.3 Å². The Balaban J connectivity index is 1.41. The van der Waals surface area contributed by atoms with Gasteiger partial charge in [0.25, 0.3) is 0 Å². The highest BCUT2D eigenvalue weighted by Crippen LogP contribution is 2.30. The van der Waals surface area contributed by atoms with Crippen molar-refractivity contribution >= 4 is 17.0 Å². The molecule has 0 N–H and O–H groups in total. The van der Waals surface area contributed by atoms with E-state index in [9.17, 15) is 10.1 Å². The Morgan fingerprint density at radius 2 is 1.93 bits per heavy atom. The number of methoxy groups -OCH3 is 1. The molecule has 1 aliphatic rings. The minimum atomic E-state index is -0.367. The largest absolute Gasteiger partial charge is 0.473 e. The zero-order valence-electron chi connectivity index (χ0n) is 23.3. The SMILES string of the molecule is COC(=O)c1ccc2nc(Cc3cc(C)c4cc3CCCc3nc(C#N)ccc3COc3cccc-4n3)n(C)c2c1. The van der Waals surface area contributed by atoms with Crippen LogP contribution in [-0.4, -0.2) is 32.6 Å². The maximum Gasteiger partial charge on any atom is 0.337 e. The maximum atomic E-state index is 12.1. The van der Waals surface area contributed by atoms with Crippen LogP contribution in [0.1, 0.15) is 56.2 Å². The molecule has 0 saturated carbocycles. The molecule has 0 aliphatic carbocycles. The van der Waals surface area contributed by atoms with Crippen LogP contribution in [0.15, 0.2) is 60.7 Å². The zero-order valence-corrected chi connectivity index (χ0v) is 23.3. The summed E-state index contributed by atoms with van der Waals surface area (Å²) in [6.07, 6.45) is 3.06. The quantitative estimate of drug-likeness (QED) is 0.271. The molecule has 0 saturated heterocycles. The van der Waals surface area contributed by atoms with Gasteiger partial charge in [-0.2, -0.15) is 5.26 Å². The lowest BCUT2D eigenvalue weighted by Crippen LogP contribution is -2.06. The molecule has 0 fully saturated rings. The molecular weight excluding hydrogens is 514 g/mol. The van der Waals surface area contributed by atoms with Gasteiger partial charge in [-0.15, -0.1) is 0 Å². The van der Waals surface area contributed by atoms with Crippen LogP contribution in [0.4, 0.5) is 0 Å². The van der Waals surface area contributed by atoms with Gasteiger partial charge in [-0.1, -0.05) is 18.2 Å². The summed E-state index contributed by atoms with van der Waals surface area (Å²) in [6.45, 7) is 2.45. The van der Waals surface area contributed by atoms with E-state index in [0.29, 0.717) is 30.2 Å². The van der Waals surface area contributed by atoms with Gasteiger partial charge < -0.3 is 14.0 Å². The smallest absolute Gasteiger partial charge is 0.337 e. The van der Waals surface area contributed by atoms with Crippen molar-refractivity contribution in [1.29, 1.82) is 5.26 Å². The van der Waals surface area contributed by atoms with Crippen LogP contribution in [0.25, 0.3) is 22.3 Å². The molecule has 4 bridgehead atoms. The Kier molecular flexibility index (Phi) is 6.94. The highest BCUT2D eigenvalue weighted by Gasteiger charge is 2.17. The highest BCUT2D eigenvalue weighted by atomic mass is 16.5. The van der Waals surface area contributed by atoms with Gasteiger partial charge >= 0.3 is 5.97 Å². The average Bonchev–Trinajstić information content (AvgIpc) is 3.30. The number of aromatic nitrogens is 4. The van der Waals surface area contributed by atoms with E-state index in [4.69, 9.17) is 19.4 Å². The summed E-state index contributed by atoms with van der Waals surface area (Å²) < 4.78 is 13.0. The molecule has 4 heterocycles. The standard InChI is InChI=1S/C33H29N5O3/c1-20-14-24(17-31-36-29-13-11-22(33(39)40-3)16-30(29)38(31)2)21-6-4-7-27-23(10-12-25(18-34)35-27)19-41-32-9-5-8-28(37-32)26(20)15-21/h5,8-16H,4,6-7,17,19H2,1-3H3. The first-order chi connectivity index (χ1) is 19.9. The molecule has 8 nitrogen and oxygen atoms in total. The maximum absolute atomic E-state index is 12.1. The van der Waals surface area contributed by atoms with E-state index < -0.39 is 0 Å². The number of benzene rings is 2. The first-order valence-corrected chi connectivity index (χ1v) is 13.6. The summed E-state index contributed by atoms with van der Waals surface area (Å²) in [5, 5.41) is 9.42. The summed E-state index contributed by atoms with van der Waals surface area (Å²) in [5.41, 5.74) is 9.94. The van der Waals surface area contributed by atoms with Crippen LogP contribution >= 0.6 is 0 Å². The predicted molar refractivity (Wildman–Crippen MR) is 155 cm³/mol. The fraction of sp³-hybridized carbons (Fsp3) is 0.242. The van der Waals surface area contributed by atoms with Gasteiger partial charge in [0.05, 0.1) is 29.4 Å². The van der Waals surface area contributed by atoms with E-state index in [2.05, 4.69) is 30.1 Å². The molecule has 8 heteroatoms. The topological polar surface area (TPSA) is 103 Å². The van der Waals surface area contributed by atoms with Crippen LogP contribution in [0.3, 0.4) is 0 Å². The number of carbonyl (C=O) groups excluding carboxylic acids is 1. The molecule has 204 valence electrons. The van der Waals surface area contributed by atoms with Crippen molar-refractivity contribution in [3.63, 3.8) is 0 Å². The Morgan fingerprint density at radius 1 is 1.05 bits per heavy atom. The summed E-state index contributed by atoms with van der Waals surface area (Å²) >= 11 is 0. The Hall–Kier alpha value is -5.03. The number of esters is 1. The van der Waals surface area contributed by atoms with Gasteiger partial charge in [0.2, 0.25) is 5.88 Å². The van der Waals surface area contributed by atoms with Crippen molar-refractivity contribution in [2.45, 2.75) is 39.2 Å². The Bertz CT molecular complexity index is 1850. The van der Waals surface area contributed by atoms with Gasteiger partial charge in [0, 0.05) is 36.4 Å². The molecule has 1 aliphatic heterocycles. The highest BCUT2D eigenvalue weighted by molar-refractivity contribution is 5.93. The fourth-order valence-corrected chi connectivity index (χ4v) is 5.48. The third-order valence-corrected chi connectivity index (χ3v) is 7.71. The van der Waals surface area contributed by atoms with Crippen molar-refractivity contribution in [1.82, 2.24) is 19.5 Å². The number of ether oxygens (including phenoxy) is 2. The van der Waals surface area contributed by atoms with Gasteiger partial charge in [0.1, 0.15) is 24.2 Å². The summed E-state index contributed by atoms with van der Waals surface area (Å²) in [4.78, 5) is 26.4. The zero-order chi connectivity index (χ0) is 28.5. The summed E-state index contributed by atoms with van der Waals surface area (Å²) in [6, 6.07) is 21.6. The average molecular weight is 544 g/mol. The van der Waals surface area contributed by atoms with E-state index in [1.165, 1.54) is 18.2 Å². The number of rotatable bonds is 3. The Labute approximate surface area is 238 Å². The minimum Gasteiger partial charge on any atom is -0.473 e. The van der Waals surface area contributed by atoms with Crippen molar-refractivity contribution in [2.75, 3.05) is 7.11 Å². The van der Waals surface area contributed by atoms with Crippen molar-refractivity contribution < 1.29 is 14.3 Å². The van der Waals surface area contributed by atoms with Crippen LogP contribution in [0.2, 0.25) is 0 Å². The minimum absolute atomic E-state index is 0.344. The van der Waals surface area contributed by atoms with Gasteiger partial charge in [-0.25, -0.2) is 19.7 Å². The van der Waals surface area contributed by atoms with Crippen molar-refractivity contribution in [3.8, 4) is 23.2 Å². The molecule has 41 heavy (non-hydrogen) atoms. The van der Waals surface area contributed by atoms with Crippen LogP contribution in [-0.2, 0) is 37.7 Å². The predicted octanol–water partition coefficient (Wildman–Crippen LogP) is 5.66. The van der Waals surface area contributed by atoms with Crippen LogP contribution in [0, 0.1) is 18.3 Å². The number of nitriles is 1. The number of hydrogen-bond donors (Lipinski definition) is 0. The second kappa shape index (κ2) is 10.9. The molecule has 2 aromatic carbocycles. The van der Waals surface area contributed by atoms with Gasteiger partial charge in [0.15, 0.2) is 0 Å². The molecule has 0 unspecified atom stereocenters. The van der Waals surface area contributed by atoms with Crippen LogP contribution in [0.5, 0.6) is 5.88 Å². The van der Waals surface area contributed by atoms with Gasteiger partial charge in [-0.3, -0.25) is 0 Å². The molecule has 0 spiro atoms. The number of imidazole rings is 1. The molecule has 0 radical (unpaired) electrons. The molecule has 6 rings (SSSR count). The number of hydrogen-bond acceptors (Lipinski definition) is 7. The van der Waals surface area contributed by atoms with E-state index in [1.807, 2.05) is 48.0 Å². The van der Waals surface area contributed by atoms with Crippen molar-refractivity contribution in [2.24, 2.45) is 7.05 Å². The molecule has 3 aromatic heterocycles. The molecule has 0 atom stereocenters. The van der Waals surface area contributed by atoms with E-state index >= 15 is 0 Å². The van der Waals surface area contributed by atoms with E-state index in [-0.39, 0.29) is 5.97 Å². The van der Waals surface area contributed by atoms with Crippen LogP contribution < -0.4 is 4.74 Å². The lowest BCUT2D eigenvalue weighted by molar-refractivity contribution is 0.0601.